The van der Waals surface area contributed by atoms with Crippen molar-refractivity contribution in [3.8, 4) is 6.07 Å². The van der Waals surface area contributed by atoms with E-state index in [0.29, 0.717) is 13.1 Å². The van der Waals surface area contributed by atoms with Crippen molar-refractivity contribution in [1.29, 1.82) is 5.26 Å². The van der Waals surface area contributed by atoms with Crippen LogP contribution in [0.4, 0.5) is 0 Å². The highest BCUT2D eigenvalue weighted by molar-refractivity contribution is 14.1. The molecule has 1 aromatic rings. The molecule has 2 heterocycles. The van der Waals surface area contributed by atoms with Gasteiger partial charge in [0, 0.05) is 18.5 Å². The number of nitriles is 1. The van der Waals surface area contributed by atoms with E-state index < -0.39 is 0 Å². The third-order valence-corrected chi connectivity index (χ3v) is 5.03. The van der Waals surface area contributed by atoms with Crippen molar-refractivity contribution in [2.24, 2.45) is 5.41 Å². The molecule has 2 rings (SSSR count). The Balaban J connectivity index is 2.02. The van der Waals surface area contributed by atoms with Crippen molar-refractivity contribution in [2.45, 2.75) is 19.8 Å². The van der Waals surface area contributed by atoms with Crippen LogP contribution in [0.25, 0.3) is 0 Å². The summed E-state index contributed by atoms with van der Waals surface area (Å²) in [5.74, 6) is 0.101. The van der Waals surface area contributed by atoms with E-state index in [0.717, 1.165) is 21.3 Å². The number of rotatable bonds is 1. The van der Waals surface area contributed by atoms with Crippen molar-refractivity contribution in [3.05, 3.63) is 19.9 Å². The number of carbonyl (C=O) groups is 1. The number of likely N-dealkylation sites (tertiary alicyclic amines) is 1. The molecular weight excluding hydrogens is 347 g/mol. The fourth-order valence-corrected chi connectivity index (χ4v) is 3.24. The first-order valence-electron chi connectivity index (χ1n) is 5.49. The normalized spacial score (nSPS) is 18.8. The van der Waals surface area contributed by atoms with Crippen molar-refractivity contribution < 1.29 is 4.79 Å². The quantitative estimate of drug-likeness (QED) is 0.723. The average molecular weight is 360 g/mol. The van der Waals surface area contributed by atoms with E-state index in [1.807, 2.05) is 23.3 Å². The molecule has 0 unspecified atom stereocenters. The second-order valence-corrected chi connectivity index (χ2v) is 7.41. The van der Waals surface area contributed by atoms with Crippen molar-refractivity contribution >= 4 is 39.8 Å². The summed E-state index contributed by atoms with van der Waals surface area (Å²) < 4.78 is 1.13. The first-order valence-corrected chi connectivity index (χ1v) is 7.44. The van der Waals surface area contributed by atoms with Gasteiger partial charge in [0.15, 0.2) is 0 Å². The van der Waals surface area contributed by atoms with Gasteiger partial charge in [0.1, 0.15) is 0 Å². The molecule has 1 aliphatic heterocycles. The fourth-order valence-electron chi connectivity index (χ4n) is 1.92. The highest BCUT2D eigenvalue weighted by atomic mass is 127. The van der Waals surface area contributed by atoms with Crippen molar-refractivity contribution in [3.63, 3.8) is 0 Å². The molecule has 1 saturated heterocycles. The van der Waals surface area contributed by atoms with Gasteiger partial charge in [-0.3, -0.25) is 4.79 Å². The van der Waals surface area contributed by atoms with Gasteiger partial charge in [0.25, 0.3) is 5.91 Å². The largest absolute Gasteiger partial charge is 0.339 e. The van der Waals surface area contributed by atoms with Crippen LogP contribution in [0, 0.1) is 19.6 Å². The third-order valence-electron chi connectivity index (χ3n) is 3.24. The number of nitrogens with zero attached hydrogens (tertiary/aromatic N) is 2. The Bertz CT molecular complexity index is 469. The van der Waals surface area contributed by atoms with Crippen LogP contribution >= 0.6 is 33.9 Å². The lowest BCUT2D eigenvalue weighted by atomic mass is 9.82. The zero-order valence-electron chi connectivity index (χ0n) is 9.57. The SMILES string of the molecule is CC1(C#N)CCN(C(=O)c2csc(I)c2)CC1. The molecule has 0 saturated carbocycles. The van der Waals surface area contributed by atoms with E-state index in [1.54, 1.807) is 11.3 Å². The van der Waals surface area contributed by atoms with E-state index in [2.05, 4.69) is 28.7 Å². The molecule has 1 amide bonds. The van der Waals surface area contributed by atoms with Crippen molar-refractivity contribution in [2.75, 3.05) is 13.1 Å². The smallest absolute Gasteiger partial charge is 0.254 e. The van der Waals surface area contributed by atoms with Gasteiger partial charge >= 0.3 is 0 Å². The summed E-state index contributed by atoms with van der Waals surface area (Å²) in [6, 6.07) is 4.27. The predicted molar refractivity (Wildman–Crippen MR) is 75.9 cm³/mol. The number of thiophene rings is 1. The molecule has 0 radical (unpaired) electrons. The second-order valence-electron chi connectivity index (χ2n) is 4.60. The molecule has 1 fully saturated rings. The minimum atomic E-state index is -0.250. The van der Waals surface area contributed by atoms with E-state index in [9.17, 15) is 4.79 Å². The molecule has 0 N–H and O–H groups in total. The van der Waals surface area contributed by atoms with Crippen LogP contribution in [-0.4, -0.2) is 23.9 Å². The minimum absolute atomic E-state index is 0.101. The van der Waals surface area contributed by atoms with Gasteiger partial charge in [-0.2, -0.15) is 5.26 Å². The molecule has 3 nitrogen and oxygen atoms in total. The zero-order chi connectivity index (χ0) is 12.5. The van der Waals surface area contributed by atoms with Crippen LogP contribution in [-0.2, 0) is 0 Å². The average Bonchev–Trinajstić information content (AvgIpc) is 2.76. The molecule has 0 aliphatic carbocycles. The second kappa shape index (κ2) is 4.94. The molecule has 1 aliphatic rings. The van der Waals surface area contributed by atoms with E-state index in [4.69, 9.17) is 5.26 Å². The van der Waals surface area contributed by atoms with E-state index >= 15 is 0 Å². The lowest BCUT2D eigenvalue weighted by Gasteiger charge is -2.34. The van der Waals surface area contributed by atoms with E-state index in [1.165, 1.54) is 0 Å². The summed E-state index contributed by atoms with van der Waals surface area (Å²) in [7, 11) is 0. The van der Waals surface area contributed by atoms with Crippen LogP contribution in [0.5, 0.6) is 0 Å². The van der Waals surface area contributed by atoms with Gasteiger partial charge in [-0.05, 0) is 48.4 Å². The number of hydrogen-bond acceptors (Lipinski definition) is 3. The van der Waals surface area contributed by atoms with Gasteiger partial charge in [0.2, 0.25) is 0 Å². The Hall–Kier alpha value is -0.610. The Morgan fingerprint density at radius 2 is 2.24 bits per heavy atom. The standard InChI is InChI=1S/C12H13IN2OS/c1-12(8-14)2-4-15(5-3-12)11(16)9-6-10(13)17-7-9/h6-7H,2-5H2,1H3. The number of piperidine rings is 1. The molecule has 17 heavy (non-hydrogen) atoms. The molecule has 0 aromatic carbocycles. The first-order chi connectivity index (χ1) is 8.04. The Morgan fingerprint density at radius 1 is 1.59 bits per heavy atom. The maximum absolute atomic E-state index is 12.2. The zero-order valence-corrected chi connectivity index (χ0v) is 12.5. The molecule has 0 atom stereocenters. The van der Waals surface area contributed by atoms with Crippen molar-refractivity contribution in [1.82, 2.24) is 4.90 Å². The van der Waals surface area contributed by atoms with Crippen LogP contribution in [0.3, 0.4) is 0 Å². The molecule has 0 spiro atoms. The lowest BCUT2D eigenvalue weighted by Crippen LogP contribution is -2.41. The van der Waals surface area contributed by atoms with Gasteiger partial charge < -0.3 is 4.90 Å². The summed E-state index contributed by atoms with van der Waals surface area (Å²) in [5, 5.41) is 10.9. The molecule has 90 valence electrons. The first kappa shape index (κ1) is 12.8. The summed E-state index contributed by atoms with van der Waals surface area (Å²) >= 11 is 3.81. The van der Waals surface area contributed by atoms with E-state index in [-0.39, 0.29) is 11.3 Å². The highest BCUT2D eigenvalue weighted by Crippen LogP contribution is 2.30. The summed E-state index contributed by atoms with van der Waals surface area (Å²) in [4.78, 5) is 14.0. The monoisotopic (exact) mass is 360 g/mol. The number of carbonyl (C=O) groups excluding carboxylic acids is 1. The van der Waals surface area contributed by atoms with Crippen LogP contribution in [0.2, 0.25) is 0 Å². The van der Waals surface area contributed by atoms with Crippen LogP contribution in [0.15, 0.2) is 11.4 Å². The maximum Gasteiger partial charge on any atom is 0.254 e. The lowest BCUT2D eigenvalue weighted by molar-refractivity contribution is 0.0662. The summed E-state index contributed by atoms with van der Waals surface area (Å²) in [6.07, 6.45) is 1.55. The molecular formula is C12H13IN2OS. The van der Waals surface area contributed by atoms with Gasteiger partial charge in [-0.15, -0.1) is 11.3 Å². The van der Waals surface area contributed by atoms with Crippen LogP contribution < -0.4 is 0 Å². The Labute approximate surface area is 119 Å². The molecule has 5 heteroatoms. The highest BCUT2D eigenvalue weighted by Gasteiger charge is 2.32. The van der Waals surface area contributed by atoms with Crippen LogP contribution in [0.1, 0.15) is 30.1 Å². The number of hydrogen-bond donors (Lipinski definition) is 0. The summed E-state index contributed by atoms with van der Waals surface area (Å²) in [5.41, 5.74) is 0.528. The number of amides is 1. The topological polar surface area (TPSA) is 44.1 Å². The third kappa shape index (κ3) is 2.80. The minimum Gasteiger partial charge on any atom is -0.339 e. The van der Waals surface area contributed by atoms with Gasteiger partial charge in [-0.25, -0.2) is 0 Å². The van der Waals surface area contributed by atoms with Gasteiger partial charge in [0.05, 0.1) is 19.9 Å². The van der Waals surface area contributed by atoms with Gasteiger partial charge in [-0.1, -0.05) is 0 Å². The number of halogens is 1. The Kier molecular flexibility index (Phi) is 3.73. The fraction of sp³-hybridized carbons (Fsp3) is 0.500. The molecule has 1 aromatic heterocycles. The molecule has 0 bridgehead atoms. The maximum atomic E-state index is 12.2. The summed E-state index contributed by atoms with van der Waals surface area (Å²) in [6.45, 7) is 3.35. The predicted octanol–water partition coefficient (Wildman–Crippen LogP) is 3.12. The Morgan fingerprint density at radius 3 is 2.71 bits per heavy atom.